The smallest absolute Gasteiger partial charge is 0.317 e. The lowest BCUT2D eigenvalue weighted by Crippen LogP contribution is -2.37. The van der Waals surface area contributed by atoms with Crippen molar-refractivity contribution in [3.8, 4) is 0 Å². The van der Waals surface area contributed by atoms with E-state index < -0.39 is 0 Å². The van der Waals surface area contributed by atoms with E-state index in [1.54, 1.807) is 23.3 Å². The van der Waals surface area contributed by atoms with Crippen molar-refractivity contribution in [1.29, 1.82) is 0 Å². The number of benzene rings is 1. The van der Waals surface area contributed by atoms with E-state index in [-0.39, 0.29) is 6.03 Å². The summed E-state index contributed by atoms with van der Waals surface area (Å²) in [5.41, 5.74) is 1.00. The molecule has 3 nitrogen and oxygen atoms in total. The summed E-state index contributed by atoms with van der Waals surface area (Å²) in [4.78, 5) is 13.5. The third kappa shape index (κ3) is 5.14. The van der Waals surface area contributed by atoms with Crippen LogP contribution in [0.3, 0.4) is 0 Å². The molecule has 0 aromatic heterocycles. The first-order valence-electron chi connectivity index (χ1n) is 5.87. The molecule has 2 amide bonds. The van der Waals surface area contributed by atoms with Crippen LogP contribution in [0.4, 0.5) is 4.79 Å². The number of carbonyl (C=O) groups is 1. The van der Waals surface area contributed by atoms with Crippen LogP contribution < -0.4 is 5.32 Å². The maximum Gasteiger partial charge on any atom is 0.321 e. The average Bonchev–Trinajstić information content (AvgIpc) is 2.40. The highest BCUT2D eigenvalue weighted by atomic mass is 79.9. The van der Waals surface area contributed by atoms with Crippen molar-refractivity contribution in [3.63, 3.8) is 0 Å². The molecule has 0 bridgehead atoms. The standard InChI is InChI=1S/C15H17BrN2O/c1-3-11-18(12-4-2)15(19)17-10-9-13-7-5-6-8-14(13)16/h3-10H,1-2,11-12H2,(H,17,19)/b10-9+. The highest BCUT2D eigenvalue weighted by Crippen LogP contribution is 2.16. The third-order valence-electron chi connectivity index (χ3n) is 2.36. The molecule has 0 heterocycles. The number of rotatable bonds is 6. The van der Waals surface area contributed by atoms with Gasteiger partial charge in [-0.3, -0.25) is 0 Å². The van der Waals surface area contributed by atoms with Crippen LogP contribution >= 0.6 is 15.9 Å². The zero-order valence-corrected chi connectivity index (χ0v) is 12.3. The molecule has 0 atom stereocenters. The van der Waals surface area contributed by atoms with Crippen LogP contribution in [0.25, 0.3) is 6.08 Å². The van der Waals surface area contributed by atoms with Crippen LogP contribution in [-0.4, -0.2) is 24.0 Å². The lowest BCUT2D eigenvalue weighted by Gasteiger charge is -2.18. The van der Waals surface area contributed by atoms with Gasteiger partial charge in [0.05, 0.1) is 0 Å². The Morgan fingerprint density at radius 1 is 1.26 bits per heavy atom. The first kappa shape index (κ1) is 15.2. The molecule has 0 saturated heterocycles. The van der Waals surface area contributed by atoms with Gasteiger partial charge in [0, 0.05) is 23.8 Å². The Labute approximate surface area is 122 Å². The molecule has 19 heavy (non-hydrogen) atoms. The topological polar surface area (TPSA) is 32.3 Å². The van der Waals surface area contributed by atoms with Gasteiger partial charge < -0.3 is 10.2 Å². The van der Waals surface area contributed by atoms with E-state index in [2.05, 4.69) is 34.4 Å². The second-order valence-electron chi connectivity index (χ2n) is 3.79. The van der Waals surface area contributed by atoms with Crippen LogP contribution in [0.5, 0.6) is 0 Å². The molecule has 0 unspecified atom stereocenters. The molecule has 4 heteroatoms. The summed E-state index contributed by atoms with van der Waals surface area (Å²) in [7, 11) is 0. The van der Waals surface area contributed by atoms with Crippen molar-refractivity contribution >= 4 is 28.0 Å². The Morgan fingerprint density at radius 3 is 2.47 bits per heavy atom. The first-order chi connectivity index (χ1) is 9.19. The van der Waals surface area contributed by atoms with E-state index in [0.29, 0.717) is 13.1 Å². The van der Waals surface area contributed by atoms with E-state index in [4.69, 9.17) is 0 Å². The summed E-state index contributed by atoms with van der Waals surface area (Å²) in [6.45, 7) is 8.22. The Balaban J connectivity index is 2.59. The summed E-state index contributed by atoms with van der Waals surface area (Å²) >= 11 is 3.44. The van der Waals surface area contributed by atoms with E-state index in [1.165, 1.54) is 0 Å². The molecule has 1 aromatic carbocycles. The molecule has 1 aromatic rings. The van der Waals surface area contributed by atoms with Crippen LogP contribution in [0.15, 0.2) is 60.2 Å². The van der Waals surface area contributed by atoms with Gasteiger partial charge in [0.15, 0.2) is 0 Å². The first-order valence-corrected chi connectivity index (χ1v) is 6.66. The van der Waals surface area contributed by atoms with Gasteiger partial charge in [0.2, 0.25) is 0 Å². The lowest BCUT2D eigenvalue weighted by atomic mass is 10.2. The lowest BCUT2D eigenvalue weighted by molar-refractivity contribution is 0.212. The molecule has 0 aliphatic heterocycles. The van der Waals surface area contributed by atoms with E-state index in [9.17, 15) is 4.79 Å². The van der Waals surface area contributed by atoms with Gasteiger partial charge in [-0.2, -0.15) is 0 Å². The van der Waals surface area contributed by atoms with E-state index >= 15 is 0 Å². The highest BCUT2D eigenvalue weighted by molar-refractivity contribution is 9.10. The number of amides is 2. The number of halogens is 1. The summed E-state index contributed by atoms with van der Waals surface area (Å²) < 4.78 is 0.981. The molecular weight excluding hydrogens is 304 g/mol. The van der Waals surface area contributed by atoms with Crippen molar-refractivity contribution in [2.24, 2.45) is 0 Å². The molecule has 1 N–H and O–H groups in total. The Hall–Kier alpha value is -1.81. The molecule has 0 saturated carbocycles. The molecule has 100 valence electrons. The quantitative estimate of drug-likeness (QED) is 0.794. The predicted molar refractivity (Wildman–Crippen MR) is 83.7 cm³/mol. The summed E-state index contributed by atoms with van der Waals surface area (Å²) in [5, 5.41) is 2.72. The summed E-state index contributed by atoms with van der Waals surface area (Å²) in [6.07, 6.45) is 6.82. The monoisotopic (exact) mass is 320 g/mol. The van der Waals surface area contributed by atoms with Gasteiger partial charge in [0.25, 0.3) is 0 Å². The van der Waals surface area contributed by atoms with Crippen LogP contribution in [-0.2, 0) is 0 Å². The fourth-order valence-electron chi connectivity index (χ4n) is 1.46. The minimum atomic E-state index is -0.178. The molecule has 1 rings (SSSR count). The summed E-state index contributed by atoms with van der Waals surface area (Å²) in [5.74, 6) is 0. The van der Waals surface area contributed by atoms with Crippen molar-refractivity contribution in [2.45, 2.75) is 0 Å². The van der Waals surface area contributed by atoms with Crippen molar-refractivity contribution in [1.82, 2.24) is 10.2 Å². The zero-order valence-electron chi connectivity index (χ0n) is 10.7. The fourth-order valence-corrected chi connectivity index (χ4v) is 1.87. The van der Waals surface area contributed by atoms with Crippen LogP contribution in [0.2, 0.25) is 0 Å². The Bertz CT molecular complexity index is 473. The Morgan fingerprint density at radius 2 is 1.89 bits per heavy atom. The number of hydrogen-bond acceptors (Lipinski definition) is 1. The number of hydrogen-bond donors (Lipinski definition) is 1. The fraction of sp³-hybridized carbons (Fsp3) is 0.133. The van der Waals surface area contributed by atoms with Crippen molar-refractivity contribution < 1.29 is 4.79 Å². The largest absolute Gasteiger partial charge is 0.321 e. The molecule has 0 radical (unpaired) electrons. The molecule has 0 aliphatic carbocycles. The molecular formula is C15H17BrN2O. The number of nitrogens with one attached hydrogen (secondary N) is 1. The maximum absolute atomic E-state index is 11.9. The van der Waals surface area contributed by atoms with Gasteiger partial charge in [-0.25, -0.2) is 4.79 Å². The van der Waals surface area contributed by atoms with Gasteiger partial charge >= 0.3 is 6.03 Å². The van der Waals surface area contributed by atoms with Gasteiger partial charge in [-0.05, 0) is 17.7 Å². The second kappa shape index (κ2) is 8.32. The number of carbonyl (C=O) groups excluding carboxylic acids is 1. The zero-order chi connectivity index (χ0) is 14.1. The minimum Gasteiger partial charge on any atom is -0.317 e. The average molecular weight is 321 g/mol. The van der Waals surface area contributed by atoms with Crippen LogP contribution in [0.1, 0.15) is 5.56 Å². The summed E-state index contributed by atoms with van der Waals surface area (Å²) in [6, 6.07) is 7.61. The molecule has 0 aliphatic rings. The normalized spacial score (nSPS) is 10.2. The van der Waals surface area contributed by atoms with E-state index in [1.807, 2.05) is 30.3 Å². The van der Waals surface area contributed by atoms with E-state index in [0.717, 1.165) is 10.0 Å². The molecule has 0 spiro atoms. The van der Waals surface area contributed by atoms with Crippen molar-refractivity contribution in [3.05, 3.63) is 65.8 Å². The number of urea groups is 1. The Kier molecular flexibility index (Phi) is 6.68. The minimum absolute atomic E-state index is 0.178. The SMILES string of the molecule is C=CCN(CC=C)C(=O)N/C=C/c1ccccc1Br. The predicted octanol–water partition coefficient (Wildman–Crippen LogP) is 3.80. The van der Waals surface area contributed by atoms with Gasteiger partial charge in [-0.1, -0.05) is 46.3 Å². The molecule has 0 fully saturated rings. The highest BCUT2D eigenvalue weighted by Gasteiger charge is 2.07. The van der Waals surface area contributed by atoms with Crippen LogP contribution in [0, 0.1) is 0 Å². The van der Waals surface area contributed by atoms with Crippen molar-refractivity contribution in [2.75, 3.05) is 13.1 Å². The van der Waals surface area contributed by atoms with Gasteiger partial charge in [-0.15, -0.1) is 13.2 Å². The van der Waals surface area contributed by atoms with Gasteiger partial charge in [0.1, 0.15) is 0 Å². The maximum atomic E-state index is 11.9. The third-order valence-corrected chi connectivity index (χ3v) is 3.08. The number of nitrogens with zero attached hydrogens (tertiary/aromatic N) is 1. The second-order valence-corrected chi connectivity index (χ2v) is 4.64.